The van der Waals surface area contributed by atoms with Gasteiger partial charge in [-0.3, -0.25) is 10.1 Å². The predicted octanol–water partition coefficient (Wildman–Crippen LogP) is 6.77. The number of thiazole rings is 1. The lowest BCUT2D eigenvalue weighted by Gasteiger charge is -2.32. The molecule has 3 N–H and O–H groups in total. The molecule has 14 heteroatoms. The van der Waals surface area contributed by atoms with Crippen LogP contribution in [0.5, 0.6) is 0 Å². The van der Waals surface area contributed by atoms with Crippen LogP contribution in [0.3, 0.4) is 0 Å². The summed E-state index contributed by atoms with van der Waals surface area (Å²) in [6.07, 6.45) is 1.50. The molecule has 0 bridgehead atoms. The maximum atomic E-state index is 13.7. The van der Waals surface area contributed by atoms with E-state index in [-0.39, 0.29) is 35.5 Å². The number of amides is 3. The Morgan fingerprint density at radius 2 is 1.65 bits per heavy atom. The third kappa shape index (κ3) is 11.0. The second-order valence-electron chi connectivity index (χ2n) is 14.3. The van der Waals surface area contributed by atoms with Crippen molar-refractivity contribution in [3.05, 3.63) is 54.2 Å². The Morgan fingerprint density at radius 1 is 1.00 bits per heavy atom. The number of nitrogens with zero attached hydrogens (tertiary/aromatic N) is 2. The normalized spacial score (nSPS) is 14.4. The van der Waals surface area contributed by atoms with Crippen LogP contribution in [0.1, 0.15) is 73.8 Å². The van der Waals surface area contributed by atoms with Crippen LogP contribution in [0, 0.1) is 5.92 Å². The fourth-order valence-electron chi connectivity index (χ4n) is 5.13. The Labute approximate surface area is 293 Å². The third-order valence-corrected chi connectivity index (χ3v) is 10.1. The van der Waals surface area contributed by atoms with Crippen LogP contribution in [0.4, 0.5) is 15.3 Å². The molecule has 3 amide bonds. The molecular formula is C35H47N5O7S2. The van der Waals surface area contributed by atoms with Gasteiger partial charge in [-0.1, -0.05) is 12.1 Å². The van der Waals surface area contributed by atoms with E-state index in [2.05, 4.69) is 20.3 Å². The zero-order valence-corrected chi connectivity index (χ0v) is 31.0. The van der Waals surface area contributed by atoms with Gasteiger partial charge in [-0.25, -0.2) is 27.7 Å². The van der Waals surface area contributed by atoms with Gasteiger partial charge < -0.3 is 19.7 Å². The van der Waals surface area contributed by atoms with E-state index in [1.807, 2.05) is 32.9 Å². The molecule has 1 aromatic heterocycles. The van der Waals surface area contributed by atoms with Crippen molar-refractivity contribution in [1.82, 2.24) is 19.9 Å². The fraction of sp³-hybridized carbons (Fsp3) is 0.486. The van der Waals surface area contributed by atoms with E-state index in [9.17, 15) is 22.8 Å². The highest BCUT2D eigenvalue weighted by Gasteiger charge is 2.30. The minimum atomic E-state index is -3.97. The van der Waals surface area contributed by atoms with Gasteiger partial charge in [-0.2, -0.15) is 0 Å². The smallest absolute Gasteiger partial charge is 0.411 e. The van der Waals surface area contributed by atoms with Crippen LogP contribution in [-0.2, 0) is 30.8 Å². The fourth-order valence-corrected chi connectivity index (χ4v) is 7.85. The van der Waals surface area contributed by atoms with E-state index in [0.29, 0.717) is 52.6 Å². The predicted molar refractivity (Wildman–Crippen MR) is 191 cm³/mol. The number of rotatable bonds is 9. The van der Waals surface area contributed by atoms with E-state index in [0.717, 1.165) is 5.56 Å². The van der Waals surface area contributed by atoms with E-state index in [1.165, 1.54) is 11.3 Å². The summed E-state index contributed by atoms with van der Waals surface area (Å²) in [4.78, 5) is 44.3. The molecule has 2 heterocycles. The molecular weight excluding hydrogens is 667 g/mol. The summed E-state index contributed by atoms with van der Waals surface area (Å²) in [6.45, 7) is 15.3. The molecule has 0 aliphatic carbocycles. The van der Waals surface area contributed by atoms with Crippen LogP contribution in [-0.4, -0.2) is 66.7 Å². The number of nitrogens with one attached hydrogen (secondary N) is 3. The van der Waals surface area contributed by atoms with Crippen LogP contribution in [0.15, 0.2) is 53.6 Å². The number of sulfonamides is 1. The monoisotopic (exact) mass is 713 g/mol. The first kappa shape index (κ1) is 37.8. The van der Waals surface area contributed by atoms with Crippen molar-refractivity contribution in [2.75, 3.05) is 18.4 Å². The number of aromatic nitrogens is 1. The molecule has 3 aromatic rings. The van der Waals surface area contributed by atoms with Crippen molar-refractivity contribution in [2.45, 2.75) is 96.9 Å². The van der Waals surface area contributed by atoms with Crippen molar-refractivity contribution in [2.24, 2.45) is 5.92 Å². The Kier molecular flexibility index (Phi) is 11.8. The molecule has 12 nitrogen and oxygen atoms in total. The summed E-state index contributed by atoms with van der Waals surface area (Å²) in [5, 5.41) is 6.31. The Hall–Kier alpha value is -4.01. The van der Waals surface area contributed by atoms with E-state index in [1.54, 1.807) is 76.0 Å². The number of piperidine rings is 1. The van der Waals surface area contributed by atoms with Crippen molar-refractivity contribution in [1.29, 1.82) is 0 Å². The number of carbonyl (C=O) groups excluding carboxylic acids is 3. The van der Waals surface area contributed by atoms with Crippen molar-refractivity contribution in [3.8, 4) is 21.0 Å². The number of likely N-dealkylation sites (tertiary alicyclic amines) is 1. The number of hydrogen-bond acceptors (Lipinski definition) is 9. The van der Waals surface area contributed by atoms with Gasteiger partial charge >= 0.3 is 12.2 Å². The molecule has 0 saturated carbocycles. The average Bonchev–Trinajstić information content (AvgIpc) is 3.48. The molecule has 0 radical (unpaired) electrons. The Morgan fingerprint density at radius 3 is 2.24 bits per heavy atom. The van der Waals surface area contributed by atoms with Gasteiger partial charge in [0.05, 0.1) is 15.9 Å². The molecule has 1 saturated heterocycles. The van der Waals surface area contributed by atoms with Crippen LogP contribution in [0.25, 0.3) is 21.0 Å². The molecule has 0 atom stereocenters. The SMILES string of the molecule is CC(C)OC(=O)Nc1ccc(-c2ncc(-c3ccc(CNC(=O)C4CCN(C(=O)OC(C)(C)C)CC4)cc3S(=O)(=O)NC(C)(C)C)s2)cc1. The van der Waals surface area contributed by atoms with E-state index >= 15 is 0 Å². The standard InChI is InChI=1S/C35H47N5O7S2/c1-22(2)46-32(42)38-26-12-10-25(11-13-26)31-37-21-28(48-31)27-14-9-23(19-29(27)49(44,45)39-34(3,4)5)20-36-30(41)24-15-17-40(18-16-24)33(43)47-35(6,7)8/h9-14,19,21-22,24,39H,15-18,20H2,1-8H3,(H,36,41)(H,38,42). The highest BCUT2D eigenvalue weighted by Crippen LogP contribution is 2.36. The third-order valence-electron chi connectivity index (χ3n) is 7.25. The van der Waals surface area contributed by atoms with E-state index in [4.69, 9.17) is 9.47 Å². The van der Waals surface area contributed by atoms with Gasteiger partial charge in [-0.15, -0.1) is 11.3 Å². The Bertz CT molecular complexity index is 1750. The lowest BCUT2D eigenvalue weighted by atomic mass is 9.96. The molecule has 0 unspecified atom stereocenters. The first-order chi connectivity index (χ1) is 22.8. The highest BCUT2D eigenvalue weighted by molar-refractivity contribution is 7.89. The molecule has 2 aromatic carbocycles. The van der Waals surface area contributed by atoms with Gasteiger partial charge in [0.2, 0.25) is 15.9 Å². The second kappa shape index (κ2) is 15.3. The minimum absolute atomic E-state index is 0.0817. The molecule has 0 spiro atoms. The van der Waals surface area contributed by atoms with Crippen molar-refractivity contribution < 1.29 is 32.3 Å². The maximum absolute atomic E-state index is 13.7. The first-order valence-electron chi connectivity index (χ1n) is 16.3. The molecule has 1 aliphatic heterocycles. The Balaban J connectivity index is 1.49. The van der Waals surface area contributed by atoms with Crippen LogP contribution >= 0.6 is 11.3 Å². The summed E-state index contributed by atoms with van der Waals surface area (Å²) < 4.78 is 40.8. The molecule has 1 aliphatic rings. The summed E-state index contributed by atoms with van der Waals surface area (Å²) in [7, 11) is -3.97. The highest BCUT2D eigenvalue weighted by atomic mass is 32.2. The summed E-state index contributed by atoms with van der Waals surface area (Å²) in [6, 6.07) is 12.3. The van der Waals surface area contributed by atoms with Gasteiger partial charge in [0.1, 0.15) is 10.6 Å². The summed E-state index contributed by atoms with van der Waals surface area (Å²) >= 11 is 1.34. The number of anilines is 1. The molecule has 266 valence electrons. The molecule has 49 heavy (non-hydrogen) atoms. The topological polar surface area (TPSA) is 156 Å². The number of benzene rings is 2. The quantitative estimate of drug-likeness (QED) is 0.219. The molecule has 1 fully saturated rings. The zero-order chi connectivity index (χ0) is 36.1. The first-order valence-corrected chi connectivity index (χ1v) is 18.6. The van der Waals surface area contributed by atoms with Gasteiger partial charge in [0, 0.05) is 54.1 Å². The number of carbonyl (C=O) groups is 3. The lowest BCUT2D eigenvalue weighted by molar-refractivity contribution is -0.126. The van der Waals surface area contributed by atoms with Gasteiger partial charge in [0.15, 0.2) is 0 Å². The largest absolute Gasteiger partial charge is 0.447 e. The average molecular weight is 714 g/mol. The minimum Gasteiger partial charge on any atom is -0.447 e. The lowest BCUT2D eigenvalue weighted by Crippen LogP contribution is -2.44. The van der Waals surface area contributed by atoms with Crippen molar-refractivity contribution >= 4 is 45.1 Å². The van der Waals surface area contributed by atoms with Crippen LogP contribution in [0.2, 0.25) is 0 Å². The van der Waals surface area contributed by atoms with Gasteiger partial charge in [-0.05, 0) is 104 Å². The van der Waals surface area contributed by atoms with Crippen LogP contribution < -0.4 is 15.4 Å². The van der Waals surface area contributed by atoms with Gasteiger partial charge in [0.25, 0.3) is 0 Å². The summed E-state index contributed by atoms with van der Waals surface area (Å²) in [5.41, 5.74) is 1.16. The second-order valence-corrected chi connectivity index (χ2v) is 17.0. The molecule has 4 rings (SSSR count). The number of ether oxygens (including phenoxy) is 2. The zero-order valence-electron chi connectivity index (χ0n) is 29.4. The summed E-state index contributed by atoms with van der Waals surface area (Å²) in [5.74, 6) is -0.409. The van der Waals surface area contributed by atoms with E-state index < -0.39 is 27.3 Å². The number of hydrogen-bond donors (Lipinski definition) is 3. The van der Waals surface area contributed by atoms with Crippen molar-refractivity contribution in [3.63, 3.8) is 0 Å². The maximum Gasteiger partial charge on any atom is 0.411 e.